The fraction of sp³-hybridized carbons (Fsp3) is 0.429. The maximum Gasteiger partial charge on any atom is 0.101 e. The zero-order chi connectivity index (χ0) is 12.8. The van der Waals surface area contributed by atoms with Crippen LogP contribution in [0, 0.1) is 28.6 Å². The highest BCUT2D eigenvalue weighted by atomic mass is 14.9. The lowest BCUT2D eigenvalue weighted by Gasteiger charge is -2.22. The Kier molecular flexibility index (Phi) is 4.55. The predicted octanol–water partition coefficient (Wildman–Crippen LogP) is 3.28. The molecule has 1 rings (SSSR count). The van der Waals surface area contributed by atoms with Crippen LogP contribution in [-0.2, 0) is 0 Å². The molecule has 0 aliphatic heterocycles. The standard InChI is InChI=1S/C14H17N3/c1-4-14(10(2)3)17-13-6-5-11(8-15)12(7-13)9-16/h5-7,10,14,17H,4H2,1-3H3. The van der Waals surface area contributed by atoms with Gasteiger partial charge in [-0.1, -0.05) is 20.8 Å². The van der Waals surface area contributed by atoms with E-state index in [0.29, 0.717) is 23.1 Å². The number of rotatable bonds is 4. The predicted molar refractivity (Wildman–Crippen MR) is 68.4 cm³/mol. The topological polar surface area (TPSA) is 59.6 Å². The number of nitrogens with zero attached hydrogens (tertiary/aromatic N) is 2. The lowest BCUT2D eigenvalue weighted by Crippen LogP contribution is -2.24. The summed E-state index contributed by atoms with van der Waals surface area (Å²) in [6, 6.07) is 9.72. The van der Waals surface area contributed by atoms with Gasteiger partial charge in [0.15, 0.2) is 0 Å². The molecule has 0 fully saturated rings. The minimum atomic E-state index is 0.384. The van der Waals surface area contributed by atoms with Crippen molar-refractivity contribution >= 4 is 5.69 Å². The van der Waals surface area contributed by atoms with E-state index in [2.05, 4.69) is 26.1 Å². The molecule has 1 unspecified atom stereocenters. The maximum absolute atomic E-state index is 8.95. The van der Waals surface area contributed by atoms with Gasteiger partial charge >= 0.3 is 0 Å². The Morgan fingerprint density at radius 1 is 1.18 bits per heavy atom. The number of nitriles is 2. The van der Waals surface area contributed by atoms with E-state index in [9.17, 15) is 0 Å². The second-order valence-electron chi connectivity index (χ2n) is 4.39. The molecule has 1 aromatic rings. The van der Waals surface area contributed by atoms with Crippen LogP contribution in [-0.4, -0.2) is 6.04 Å². The van der Waals surface area contributed by atoms with Crippen LogP contribution in [0.25, 0.3) is 0 Å². The van der Waals surface area contributed by atoms with Gasteiger partial charge in [0.05, 0.1) is 11.1 Å². The third kappa shape index (κ3) is 3.23. The molecular weight excluding hydrogens is 210 g/mol. The maximum atomic E-state index is 8.95. The molecule has 17 heavy (non-hydrogen) atoms. The molecule has 0 aromatic heterocycles. The summed E-state index contributed by atoms with van der Waals surface area (Å²) in [5, 5.41) is 21.2. The number of hydrogen-bond acceptors (Lipinski definition) is 3. The minimum Gasteiger partial charge on any atom is -0.382 e. The van der Waals surface area contributed by atoms with E-state index in [0.717, 1.165) is 12.1 Å². The largest absolute Gasteiger partial charge is 0.382 e. The Hall–Kier alpha value is -2.00. The summed E-state index contributed by atoms with van der Waals surface area (Å²) in [4.78, 5) is 0. The molecule has 0 radical (unpaired) electrons. The van der Waals surface area contributed by atoms with Crippen LogP contribution in [0.4, 0.5) is 5.69 Å². The van der Waals surface area contributed by atoms with Gasteiger partial charge in [0.1, 0.15) is 12.1 Å². The number of benzene rings is 1. The third-order valence-corrected chi connectivity index (χ3v) is 2.86. The van der Waals surface area contributed by atoms with Crippen LogP contribution in [0.15, 0.2) is 18.2 Å². The molecule has 0 saturated heterocycles. The fourth-order valence-electron chi connectivity index (χ4n) is 1.78. The summed E-state index contributed by atoms with van der Waals surface area (Å²) in [5.41, 5.74) is 1.76. The summed E-state index contributed by atoms with van der Waals surface area (Å²) >= 11 is 0. The van der Waals surface area contributed by atoms with Crippen LogP contribution >= 0.6 is 0 Å². The first-order valence-electron chi connectivity index (χ1n) is 5.83. The van der Waals surface area contributed by atoms with Crippen molar-refractivity contribution in [1.82, 2.24) is 0 Å². The molecule has 1 N–H and O–H groups in total. The normalized spacial score (nSPS) is 11.6. The second kappa shape index (κ2) is 5.92. The molecule has 1 aromatic carbocycles. The number of nitrogens with one attached hydrogen (secondary N) is 1. The molecule has 1 atom stereocenters. The quantitative estimate of drug-likeness (QED) is 0.858. The first-order chi connectivity index (χ1) is 8.12. The van der Waals surface area contributed by atoms with Gasteiger partial charge < -0.3 is 5.32 Å². The third-order valence-electron chi connectivity index (χ3n) is 2.86. The van der Waals surface area contributed by atoms with Gasteiger partial charge in [-0.15, -0.1) is 0 Å². The van der Waals surface area contributed by atoms with E-state index in [1.165, 1.54) is 0 Å². The number of anilines is 1. The summed E-state index contributed by atoms with van der Waals surface area (Å²) in [6.45, 7) is 6.46. The molecule has 0 saturated carbocycles. The molecular formula is C14H17N3. The van der Waals surface area contributed by atoms with E-state index >= 15 is 0 Å². The molecule has 3 nitrogen and oxygen atoms in total. The highest BCUT2D eigenvalue weighted by Gasteiger charge is 2.11. The van der Waals surface area contributed by atoms with E-state index in [1.807, 2.05) is 18.2 Å². The lowest BCUT2D eigenvalue weighted by molar-refractivity contribution is 0.511. The molecule has 0 aliphatic rings. The Balaban J connectivity index is 2.95. The summed E-state index contributed by atoms with van der Waals surface area (Å²) < 4.78 is 0. The highest BCUT2D eigenvalue weighted by Crippen LogP contribution is 2.18. The molecule has 3 heteroatoms. The van der Waals surface area contributed by atoms with Crippen LogP contribution in [0.3, 0.4) is 0 Å². The van der Waals surface area contributed by atoms with Gasteiger partial charge in [-0.05, 0) is 30.5 Å². The lowest BCUT2D eigenvalue weighted by atomic mass is 10.0. The second-order valence-corrected chi connectivity index (χ2v) is 4.39. The van der Waals surface area contributed by atoms with Crippen molar-refractivity contribution in [3.05, 3.63) is 29.3 Å². The Labute approximate surface area is 103 Å². The molecule has 0 bridgehead atoms. The van der Waals surface area contributed by atoms with Gasteiger partial charge in [-0.2, -0.15) is 10.5 Å². The average molecular weight is 227 g/mol. The van der Waals surface area contributed by atoms with Crippen molar-refractivity contribution in [2.24, 2.45) is 5.92 Å². The summed E-state index contributed by atoms with van der Waals surface area (Å²) in [7, 11) is 0. The zero-order valence-corrected chi connectivity index (χ0v) is 10.5. The first kappa shape index (κ1) is 13.1. The molecule has 0 spiro atoms. The van der Waals surface area contributed by atoms with Gasteiger partial charge in [-0.25, -0.2) is 0 Å². The number of hydrogen-bond donors (Lipinski definition) is 1. The van der Waals surface area contributed by atoms with Gasteiger partial charge in [0.2, 0.25) is 0 Å². The van der Waals surface area contributed by atoms with Crippen molar-refractivity contribution < 1.29 is 0 Å². The smallest absolute Gasteiger partial charge is 0.101 e. The van der Waals surface area contributed by atoms with Crippen molar-refractivity contribution in [2.45, 2.75) is 33.2 Å². The SMILES string of the molecule is CCC(Nc1ccc(C#N)c(C#N)c1)C(C)C. The fourth-order valence-corrected chi connectivity index (χ4v) is 1.78. The molecule has 0 heterocycles. The van der Waals surface area contributed by atoms with Gasteiger partial charge in [0, 0.05) is 11.7 Å². The van der Waals surface area contributed by atoms with Crippen molar-refractivity contribution in [1.29, 1.82) is 10.5 Å². The van der Waals surface area contributed by atoms with E-state index in [1.54, 1.807) is 12.1 Å². The van der Waals surface area contributed by atoms with Crippen LogP contribution in [0.1, 0.15) is 38.3 Å². The Morgan fingerprint density at radius 2 is 1.82 bits per heavy atom. The molecule has 0 amide bonds. The van der Waals surface area contributed by atoms with Crippen molar-refractivity contribution in [2.75, 3.05) is 5.32 Å². The summed E-state index contributed by atoms with van der Waals surface area (Å²) in [6.07, 6.45) is 1.03. The Bertz CT molecular complexity index is 463. The molecule has 88 valence electrons. The van der Waals surface area contributed by atoms with Crippen molar-refractivity contribution in [3.63, 3.8) is 0 Å². The minimum absolute atomic E-state index is 0.384. The van der Waals surface area contributed by atoms with Crippen LogP contribution in [0.5, 0.6) is 0 Å². The summed E-state index contributed by atoms with van der Waals surface area (Å²) in [5.74, 6) is 0.529. The van der Waals surface area contributed by atoms with E-state index in [-0.39, 0.29) is 0 Å². The Morgan fingerprint density at radius 3 is 2.29 bits per heavy atom. The van der Waals surface area contributed by atoms with E-state index < -0.39 is 0 Å². The zero-order valence-electron chi connectivity index (χ0n) is 10.5. The highest BCUT2D eigenvalue weighted by molar-refractivity contribution is 5.56. The van der Waals surface area contributed by atoms with Gasteiger partial charge in [0.25, 0.3) is 0 Å². The first-order valence-corrected chi connectivity index (χ1v) is 5.83. The van der Waals surface area contributed by atoms with Crippen LogP contribution < -0.4 is 5.32 Å². The molecule has 0 aliphatic carbocycles. The van der Waals surface area contributed by atoms with E-state index in [4.69, 9.17) is 10.5 Å². The van der Waals surface area contributed by atoms with Crippen LogP contribution in [0.2, 0.25) is 0 Å². The van der Waals surface area contributed by atoms with Crippen molar-refractivity contribution in [3.8, 4) is 12.1 Å². The van der Waals surface area contributed by atoms with Gasteiger partial charge in [-0.3, -0.25) is 0 Å². The monoisotopic (exact) mass is 227 g/mol. The average Bonchev–Trinajstić information content (AvgIpc) is 2.35.